The van der Waals surface area contributed by atoms with Crippen molar-refractivity contribution in [1.29, 1.82) is 5.41 Å². The third-order valence-electron chi connectivity index (χ3n) is 6.84. The summed E-state index contributed by atoms with van der Waals surface area (Å²) in [5, 5.41) is 8.17. The molecular formula is C29H33BClF2N3. The van der Waals surface area contributed by atoms with Crippen LogP contribution in [0.5, 0.6) is 0 Å². The van der Waals surface area contributed by atoms with Gasteiger partial charge in [-0.1, -0.05) is 71.1 Å². The Labute approximate surface area is 218 Å². The van der Waals surface area contributed by atoms with Gasteiger partial charge in [0.05, 0.1) is 27.5 Å². The maximum atomic E-state index is 14.3. The molecule has 1 N–H and O–H groups in total. The molecule has 1 unspecified atom stereocenters. The molecule has 0 aliphatic rings. The first kappa shape index (κ1) is 27.7. The zero-order valence-corrected chi connectivity index (χ0v) is 22.2. The first-order valence-electron chi connectivity index (χ1n) is 12.5. The largest absolute Gasteiger partial charge is 0.299 e. The number of benzene rings is 1. The van der Waals surface area contributed by atoms with E-state index in [1.54, 1.807) is 6.07 Å². The maximum absolute atomic E-state index is 14.3. The Kier molecular flexibility index (Phi) is 9.55. The van der Waals surface area contributed by atoms with Gasteiger partial charge in [0.15, 0.2) is 6.71 Å². The van der Waals surface area contributed by atoms with Crippen molar-refractivity contribution in [1.82, 2.24) is 9.97 Å². The van der Waals surface area contributed by atoms with Crippen LogP contribution in [0.4, 0.5) is 8.78 Å². The van der Waals surface area contributed by atoms with Crippen LogP contribution in [0.15, 0.2) is 54.7 Å². The molecule has 2 heterocycles. The van der Waals surface area contributed by atoms with Crippen LogP contribution < -0.4 is 0 Å². The van der Waals surface area contributed by atoms with Crippen molar-refractivity contribution in [3.63, 3.8) is 0 Å². The second-order valence-corrected chi connectivity index (χ2v) is 9.93. The summed E-state index contributed by atoms with van der Waals surface area (Å²) >= 11 is 5.81. The Bertz CT molecular complexity index is 1310. The van der Waals surface area contributed by atoms with Crippen molar-refractivity contribution in [2.45, 2.75) is 59.6 Å². The SMILES string of the molecule is C=C(C(=N)c1cc(Cl)c(F)cc1F)c1ccc2ncc(CB(CCC(C)CC)/C(C)=C\CC)cc2n1. The van der Waals surface area contributed by atoms with E-state index in [9.17, 15) is 8.78 Å². The molecule has 0 saturated heterocycles. The van der Waals surface area contributed by atoms with Crippen LogP contribution in [0.1, 0.15) is 63.8 Å². The van der Waals surface area contributed by atoms with Crippen LogP contribution in [-0.4, -0.2) is 22.4 Å². The van der Waals surface area contributed by atoms with Crippen LogP contribution in [0.3, 0.4) is 0 Å². The van der Waals surface area contributed by atoms with Gasteiger partial charge in [-0.25, -0.2) is 13.8 Å². The van der Waals surface area contributed by atoms with Crippen LogP contribution >= 0.6 is 11.6 Å². The standard InChI is InChI=1S/C29H33BClF2N3/c1-6-8-19(4)30(12-11-18(3)7-2)16-21-13-28-27(35-17-21)10-9-26(36-28)20(5)29(34)22-14-23(31)25(33)15-24(22)32/h8-10,13-15,17-18,34H,5-7,11-12,16H2,1-4H3/b19-8-,34-29?. The Morgan fingerprint density at radius 2 is 1.92 bits per heavy atom. The van der Waals surface area contributed by atoms with Crippen molar-refractivity contribution in [3.8, 4) is 0 Å². The third kappa shape index (κ3) is 6.67. The molecule has 3 aromatic rings. The minimum absolute atomic E-state index is 0.123. The van der Waals surface area contributed by atoms with Crippen LogP contribution in [0, 0.1) is 23.0 Å². The van der Waals surface area contributed by atoms with Crippen molar-refractivity contribution in [2.24, 2.45) is 5.92 Å². The summed E-state index contributed by atoms with van der Waals surface area (Å²) in [4.78, 5) is 9.29. The first-order chi connectivity index (χ1) is 17.1. The predicted molar refractivity (Wildman–Crippen MR) is 149 cm³/mol. The number of pyridine rings is 2. The number of hydrogen-bond acceptors (Lipinski definition) is 3. The van der Waals surface area contributed by atoms with Gasteiger partial charge in [-0.2, -0.15) is 0 Å². The van der Waals surface area contributed by atoms with Gasteiger partial charge in [0.2, 0.25) is 0 Å². The summed E-state index contributed by atoms with van der Waals surface area (Å²) in [6.07, 6.45) is 9.60. The molecule has 0 aliphatic heterocycles. The molecule has 0 radical (unpaired) electrons. The topological polar surface area (TPSA) is 49.6 Å². The molecule has 0 spiro atoms. The lowest BCUT2D eigenvalue weighted by Crippen LogP contribution is -2.20. The van der Waals surface area contributed by atoms with Crippen LogP contribution in [-0.2, 0) is 6.32 Å². The zero-order chi connectivity index (χ0) is 26.4. The lowest BCUT2D eigenvalue weighted by Gasteiger charge is -2.17. The average molecular weight is 508 g/mol. The number of halogens is 3. The Hall–Kier alpha value is -2.86. The summed E-state index contributed by atoms with van der Waals surface area (Å²) in [5.74, 6) is -1.04. The van der Waals surface area contributed by atoms with Crippen LogP contribution in [0.25, 0.3) is 16.6 Å². The molecule has 0 aliphatic carbocycles. The molecule has 0 fully saturated rings. The highest BCUT2D eigenvalue weighted by molar-refractivity contribution is 6.66. The van der Waals surface area contributed by atoms with E-state index >= 15 is 0 Å². The van der Waals surface area contributed by atoms with Gasteiger partial charge in [0, 0.05) is 23.4 Å². The summed E-state index contributed by atoms with van der Waals surface area (Å²) in [6.45, 7) is 13.3. The molecule has 0 amide bonds. The second kappa shape index (κ2) is 12.4. The Morgan fingerprint density at radius 3 is 2.61 bits per heavy atom. The van der Waals surface area contributed by atoms with E-state index in [4.69, 9.17) is 17.0 Å². The molecule has 36 heavy (non-hydrogen) atoms. The van der Waals surface area contributed by atoms with Crippen LogP contribution in [0.2, 0.25) is 11.3 Å². The smallest absolute Gasteiger partial charge is 0.174 e. The highest BCUT2D eigenvalue weighted by atomic mass is 35.5. The lowest BCUT2D eigenvalue weighted by atomic mass is 9.38. The van der Waals surface area contributed by atoms with Gasteiger partial charge >= 0.3 is 0 Å². The summed E-state index contributed by atoms with van der Waals surface area (Å²) in [6, 6.07) is 7.34. The van der Waals surface area contributed by atoms with E-state index in [0.29, 0.717) is 29.9 Å². The molecule has 1 aromatic carbocycles. The third-order valence-corrected chi connectivity index (χ3v) is 7.13. The van der Waals surface area contributed by atoms with E-state index in [0.717, 1.165) is 36.2 Å². The van der Waals surface area contributed by atoms with Gasteiger partial charge in [0.1, 0.15) is 11.6 Å². The van der Waals surface area contributed by atoms with Crippen molar-refractivity contribution in [2.75, 3.05) is 0 Å². The predicted octanol–water partition coefficient (Wildman–Crippen LogP) is 8.55. The van der Waals surface area contributed by atoms with Gasteiger partial charge in [0.25, 0.3) is 0 Å². The van der Waals surface area contributed by atoms with E-state index < -0.39 is 11.6 Å². The molecule has 188 valence electrons. The number of aromatic nitrogens is 2. The monoisotopic (exact) mass is 507 g/mol. The fourth-order valence-corrected chi connectivity index (χ4v) is 4.45. The summed E-state index contributed by atoms with van der Waals surface area (Å²) in [7, 11) is 0. The Balaban J connectivity index is 1.88. The minimum atomic E-state index is -0.870. The molecule has 3 nitrogen and oxygen atoms in total. The average Bonchev–Trinajstić information content (AvgIpc) is 2.87. The van der Waals surface area contributed by atoms with Crippen molar-refractivity contribution >= 4 is 40.6 Å². The number of allylic oxidation sites excluding steroid dienone is 3. The molecule has 3 rings (SSSR count). The maximum Gasteiger partial charge on any atom is 0.174 e. The normalized spacial score (nSPS) is 12.6. The number of nitrogens with one attached hydrogen (secondary N) is 1. The fraction of sp³-hybridized carbons (Fsp3) is 0.345. The zero-order valence-electron chi connectivity index (χ0n) is 21.5. The number of fused-ring (bicyclic) bond motifs is 1. The van der Waals surface area contributed by atoms with E-state index in [1.165, 1.54) is 18.3 Å². The van der Waals surface area contributed by atoms with Gasteiger partial charge in [-0.15, -0.1) is 5.47 Å². The summed E-state index contributed by atoms with van der Waals surface area (Å²) in [5.41, 5.74) is 4.26. The van der Waals surface area contributed by atoms with Gasteiger partial charge in [-0.3, -0.25) is 10.4 Å². The van der Waals surface area contributed by atoms with Gasteiger partial charge < -0.3 is 0 Å². The molecular weight excluding hydrogens is 475 g/mol. The van der Waals surface area contributed by atoms with Crippen molar-refractivity contribution in [3.05, 3.63) is 88.1 Å². The molecule has 7 heteroatoms. The highest BCUT2D eigenvalue weighted by Gasteiger charge is 2.19. The van der Waals surface area contributed by atoms with E-state index in [-0.39, 0.29) is 21.9 Å². The second-order valence-electron chi connectivity index (χ2n) is 9.53. The number of rotatable bonds is 11. The lowest BCUT2D eigenvalue weighted by molar-refractivity contribution is 0.541. The quantitative estimate of drug-likeness (QED) is 0.160. The summed E-state index contributed by atoms with van der Waals surface area (Å²) < 4.78 is 27.9. The fourth-order valence-electron chi connectivity index (χ4n) is 4.29. The number of nitrogens with zero attached hydrogens (tertiary/aromatic N) is 2. The van der Waals surface area contributed by atoms with E-state index in [1.807, 2.05) is 18.3 Å². The van der Waals surface area contributed by atoms with E-state index in [2.05, 4.69) is 50.3 Å². The molecule has 1 atom stereocenters. The highest BCUT2D eigenvalue weighted by Crippen LogP contribution is 2.26. The van der Waals surface area contributed by atoms with Gasteiger partial charge in [-0.05, 0) is 48.5 Å². The number of hydrogen-bond donors (Lipinski definition) is 1. The Morgan fingerprint density at radius 1 is 1.17 bits per heavy atom. The molecule has 0 bridgehead atoms. The molecule has 0 saturated carbocycles. The van der Waals surface area contributed by atoms with Crippen molar-refractivity contribution < 1.29 is 8.78 Å². The first-order valence-corrected chi connectivity index (χ1v) is 12.9. The molecule has 2 aromatic heterocycles. The minimum Gasteiger partial charge on any atom is -0.299 e.